The highest BCUT2D eigenvalue weighted by Crippen LogP contribution is 2.02. The van der Waals surface area contributed by atoms with Crippen LogP contribution in [0.5, 0.6) is 0 Å². The fourth-order valence-electron chi connectivity index (χ4n) is 0.779. The van der Waals surface area contributed by atoms with Crippen LogP contribution in [0.15, 0.2) is 29.3 Å². The Balaban J connectivity index is 0.000000791. The second kappa shape index (κ2) is 6.77. The van der Waals surface area contributed by atoms with E-state index in [9.17, 15) is 9.18 Å². The summed E-state index contributed by atoms with van der Waals surface area (Å²) >= 11 is 0. The van der Waals surface area contributed by atoms with Crippen molar-refractivity contribution in [3.8, 4) is 0 Å². The monoisotopic (exact) mass is 196 g/mol. The van der Waals surface area contributed by atoms with Gasteiger partial charge in [0.05, 0.1) is 0 Å². The summed E-state index contributed by atoms with van der Waals surface area (Å²) in [6.45, 7) is 4.00. The predicted octanol–water partition coefficient (Wildman–Crippen LogP) is 1.71. The van der Waals surface area contributed by atoms with Gasteiger partial charge in [0.1, 0.15) is 11.7 Å². The van der Waals surface area contributed by atoms with Crippen molar-refractivity contribution in [1.82, 2.24) is 0 Å². The van der Waals surface area contributed by atoms with Crippen LogP contribution in [0, 0.1) is 5.82 Å². The first-order chi connectivity index (χ1) is 6.74. The number of hydrogen-bond donors (Lipinski definition) is 1. The number of carbonyl (C=O) groups excluding carboxylic acids is 1. The second-order valence-electron chi connectivity index (χ2n) is 2.13. The summed E-state index contributed by atoms with van der Waals surface area (Å²) in [6.07, 6.45) is 0.320. The van der Waals surface area contributed by atoms with Gasteiger partial charge in [0.25, 0.3) is 0 Å². The van der Waals surface area contributed by atoms with E-state index in [-0.39, 0.29) is 5.84 Å². The van der Waals surface area contributed by atoms with Crippen molar-refractivity contribution in [2.75, 3.05) is 0 Å². The Morgan fingerprint density at radius 2 is 2.14 bits per heavy atom. The molecule has 0 fully saturated rings. The summed E-state index contributed by atoms with van der Waals surface area (Å²) in [4.78, 5) is 13.2. The lowest BCUT2D eigenvalue weighted by Crippen LogP contribution is -2.13. The van der Waals surface area contributed by atoms with Gasteiger partial charge in [-0.3, -0.25) is 4.79 Å². The lowest BCUT2D eigenvalue weighted by Gasteiger charge is -1.97. The SMILES string of the molecule is CC.NC(=NC=O)c1cccc(F)c1. The molecule has 0 atom stereocenters. The molecule has 1 rings (SSSR count). The Morgan fingerprint density at radius 1 is 1.50 bits per heavy atom. The Labute approximate surface area is 82.5 Å². The highest BCUT2D eigenvalue weighted by molar-refractivity contribution is 6.00. The summed E-state index contributed by atoms with van der Waals surface area (Å²) in [5, 5.41) is 0. The fourth-order valence-corrected chi connectivity index (χ4v) is 0.779. The Bertz CT molecular complexity index is 324. The number of amidine groups is 1. The normalized spacial score (nSPS) is 10.1. The maximum atomic E-state index is 12.6. The van der Waals surface area contributed by atoms with Crippen molar-refractivity contribution in [3.63, 3.8) is 0 Å². The van der Waals surface area contributed by atoms with E-state index in [1.54, 1.807) is 6.07 Å². The number of hydrogen-bond acceptors (Lipinski definition) is 1. The molecule has 14 heavy (non-hydrogen) atoms. The molecule has 76 valence electrons. The van der Waals surface area contributed by atoms with Gasteiger partial charge in [-0.15, -0.1) is 0 Å². The van der Waals surface area contributed by atoms with Crippen molar-refractivity contribution in [1.29, 1.82) is 0 Å². The Morgan fingerprint density at radius 3 is 2.64 bits per heavy atom. The molecule has 0 unspecified atom stereocenters. The lowest BCUT2D eigenvalue weighted by molar-refractivity contribution is -0.106. The third-order valence-electron chi connectivity index (χ3n) is 1.31. The van der Waals surface area contributed by atoms with Crippen LogP contribution < -0.4 is 5.73 Å². The zero-order chi connectivity index (χ0) is 11.0. The molecule has 0 saturated heterocycles. The quantitative estimate of drug-likeness (QED) is 0.444. The highest BCUT2D eigenvalue weighted by atomic mass is 19.1. The molecule has 0 aromatic heterocycles. The third kappa shape index (κ3) is 3.80. The minimum Gasteiger partial charge on any atom is -0.383 e. The van der Waals surface area contributed by atoms with E-state index in [0.717, 1.165) is 0 Å². The zero-order valence-electron chi connectivity index (χ0n) is 8.20. The summed E-state index contributed by atoms with van der Waals surface area (Å²) in [7, 11) is 0. The number of aliphatic imine (C=N–C) groups is 1. The second-order valence-corrected chi connectivity index (χ2v) is 2.13. The van der Waals surface area contributed by atoms with E-state index in [2.05, 4.69) is 4.99 Å². The van der Waals surface area contributed by atoms with Crippen molar-refractivity contribution in [2.24, 2.45) is 10.7 Å². The minimum absolute atomic E-state index is 0.0181. The maximum absolute atomic E-state index is 12.6. The molecule has 0 spiro atoms. The molecule has 0 aliphatic rings. The summed E-state index contributed by atoms with van der Waals surface area (Å²) in [6, 6.07) is 5.57. The van der Waals surface area contributed by atoms with Crippen molar-refractivity contribution < 1.29 is 9.18 Å². The van der Waals surface area contributed by atoms with Crippen LogP contribution in [0.2, 0.25) is 0 Å². The average Bonchev–Trinajstić information content (AvgIpc) is 2.21. The molecule has 0 bridgehead atoms. The van der Waals surface area contributed by atoms with Gasteiger partial charge >= 0.3 is 0 Å². The number of carbonyl (C=O) groups is 1. The van der Waals surface area contributed by atoms with Gasteiger partial charge in [-0.2, -0.15) is 4.99 Å². The van der Waals surface area contributed by atoms with Crippen LogP contribution in [0.25, 0.3) is 0 Å². The zero-order valence-corrected chi connectivity index (χ0v) is 8.20. The van der Waals surface area contributed by atoms with Crippen molar-refractivity contribution in [3.05, 3.63) is 35.6 Å². The largest absolute Gasteiger partial charge is 0.383 e. The van der Waals surface area contributed by atoms with E-state index in [1.807, 2.05) is 13.8 Å². The molecule has 0 radical (unpaired) electrons. The summed E-state index contributed by atoms with van der Waals surface area (Å²) in [5.74, 6) is -0.388. The molecule has 0 aliphatic carbocycles. The Hall–Kier alpha value is -1.71. The van der Waals surface area contributed by atoms with Gasteiger partial charge in [0, 0.05) is 5.56 Å². The van der Waals surface area contributed by atoms with E-state index in [0.29, 0.717) is 12.0 Å². The van der Waals surface area contributed by atoms with Crippen LogP contribution >= 0.6 is 0 Å². The van der Waals surface area contributed by atoms with E-state index < -0.39 is 5.82 Å². The van der Waals surface area contributed by atoms with Gasteiger partial charge in [0.2, 0.25) is 6.41 Å². The average molecular weight is 196 g/mol. The number of rotatable bonds is 2. The number of amides is 1. The van der Waals surface area contributed by atoms with Gasteiger partial charge in [0.15, 0.2) is 0 Å². The number of nitrogens with two attached hydrogens (primary N) is 1. The van der Waals surface area contributed by atoms with Gasteiger partial charge in [-0.25, -0.2) is 4.39 Å². The third-order valence-corrected chi connectivity index (χ3v) is 1.31. The maximum Gasteiger partial charge on any atom is 0.234 e. The van der Waals surface area contributed by atoms with Gasteiger partial charge < -0.3 is 5.73 Å². The summed E-state index contributed by atoms with van der Waals surface area (Å²) in [5.41, 5.74) is 5.73. The molecule has 2 N–H and O–H groups in total. The molecular weight excluding hydrogens is 183 g/mol. The van der Waals surface area contributed by atoms with Gasteiger partial charge in [-0.1, -0.05) is 26.0 Å². The summed E-state index contributed by atoms with van der Waals surface area (Å²) < 4.78 is 12.6. The number of benzene rings is 1. The first-order valence-electron chi connectivity index (χ1n) is 4.27. The molecule has 0 saturated carbocycles. The van der Waals surface area contributed by atoms with Crippen LogP contribution in [0.4, 0.5) is 4.39 Å². The molecule has 1 aromatic carbocycles. The van der Waals surface area contributed by atoms with Crippen LogP contribution in [0.3, 0.4) is 0 Å². The number of halogens is 1. The number of nitrogens with zero attached hydrogens (tertiary/aromatic N) is 1. The molecule has 0 aliphatic heterocycles. The van der Waals surface area contributed by atoms with E-state index in [1.165, 1.54) is 18.2 Å². The van der Waals surface area contributed by atoms with Crippen molar-refractivity contribution in [2.45, 2.75) is 13.8 Å². The van der Waals surface area contributed by atoms with Crippen LogP contribution in [-0.2, 0) is 4.79 Å². The molecular formula is C10H13FN2O. The molecule has 1 aromatic rings. The Kier molecular flexibility index (Phi) is 5.94. The van der Waals surface area contributed by atoms with E-state index >= 15 is 0 Å². The lowest BCUT2D eigenvalue weighted by atomic mass is 10.2. The molecule has 1 amide bonds. The van der Waals surface area contributed by atoms with E-state index in [4.69, 9.17) is 5.73 Å². The first kappa shape index (κ1) is 12.3. The minimum atomic E-state index is -0.406. The molecule has 0 heterocycles. The first-order valence-corrected chi connectivity index (χ1v) is 4.27. The molecule has 3 nitrogen and oxygen atoms in total. The van der Waals surface area contributed by atoms with Crippen LogP contribution in [0.1, 0.15) is 19.4 Å². The standard InChI is InChI=1S/C8H7FN2O.C2H6/c9-7-3-1-2-6(4-7)8(10)11-5-12;1-2/h1-5H,(H2,10,11,12);1-2H3. The highest BCUT2D eigenvalue weighted by Gasteiger charge is 1.97. The smallest absolute Gasteiger partial charge is 0.234 e. The fraction of sp³-hybridized carbons (Fsp3) is 0.200. The topological polar surface area (TPSA) is 55.4 Å². The van der Waals surface area contributed by atoms with Crippen LogP contribution in [-0.4, -0.2) is 12.2 Å². The van der Waals surface area contributed by atoms with Gasteiger partial charge in [-0.05, 0) is 12.1 Å². The van der Waals surface area contributed by atoms with Crippen molar-refractivity contribution >= 4 is 12.2 Å². The molecule has 4 heteroatoms. The predicted molar refractivity (Wildman–Crippen MR) is 54.5 cm³/mol.